The molecule has 184 valence electrons. The Hall–Kier alpha value is -3.60. The number of furan rings is 1. The molecule has 1 aromatic carbocycles. The molecule has 4 rings (SSSR count). The number of methoxy groups -OCH3 is 1. The zero-order valence-electron chi connectivity index (χ0n) is 19.2. The van der Waals surface area contributed by atoms with Gasteiger partial charge in [0.15, 0.2) is 5.17 Å². The highest BCUT2D eigenvalue weighted by Gasteiger charge is 2.33. The van der Waals surface area contributed by atoms with Crippen molar-refractivity contribution >= 4 is 46.4 Å². The molecule has 1 N–H and O–H groups in total. The fourth-order valence-electron chi connectivity index (χ4n) is 3.78. The monoisotopic (exact) mass is 499 g/mol. The van der Waals surface area contributed by atoms with Crippen LogP contribution in [0.1, 0.15) is 52.2 Å². The van der Waals surface area contributed by atoms with E-state index < -0.39 is 17.2 Å². The van der Waals surface area contributed by atoms with Crippen molar-refractivity contribution in [1.82, 2.24) is 4.90 Å². The van der Waals surface area contributed by atoms with E-state index in [0.29, 0.717) is 16.4 Å². The summed E-state index contributed by atoms with van der Waals surface area (Å²) in [4.78, 5) is 55.3. The molecule has 1 unspecified atom stereocenters. The predicted octanol–water partition coefficient (Wildman–Crippen LogP) is 3.24. The van der Waals surface area contributed by atoms with Crippen molar-refractivity contribution in [2.24, 2.45) is 4.99 Å². The number of nitrogens with one attached hydrogen (secondary N) is 1. The standard InChI is InChI=1S/C24H25N3O7S/c1-32-23(31)20-16(8-11-33-20)14-34-22(30)15-6-5-7-17(12-15)25-19(28)13-18-21(29)26-24(35-18)27-9-3-2-4-10-27/h5-8,11-12,18H,2-4,9-10,13-14H2,1H3,(H,25,28). The third-order valence-corrected chi connectivity index (χ3v) is 6.80. The number of carbonyl (C=O) groups is 4. The van der Waals surface area contributed by atoms with Gasteiger partial charge in [0.1, 0.15) is 11.9 Å². The summed E-state index contributed by atoms with van der Waals surface area (Å²) in [6, 6.07) is 7.79. The molecule has 2 aliphatic heterocycles. The Kier molecular flexibility index (Phi) is 7.86. The van der Waals surface area contributed by atoms with Crippen molar-refractivity contribution in [3.05, 3.63) is 53.5 Å². The first-order chi connectivity index (χ1) is 16.9. The van der Waals surface area contributed by atoms with Crippen molar-refractivity contribution in [3.8, 4) is 0 Å². The summed E-state index contributed by atoms with van der Waals surface area (Å²) in [5.74, 6) is -1.99. The highest BCUT2D eigenvalue weighted by molar-refractivity contribution is 8.15. The molecule has 3 heterocycles. The van der Waals surface area contributed by atoms with E-state index in [-0.39, 0.29) is 36.2 Å². The molecular formula is C24H25N3O7S. The maximum absolute atomic E-state index is 12.6. The molecule has 1 fully saturated rings. The van der Waals surface area contributed by atoms with E-state index in [1.165, 1.54) is 43.7 Å². The van der Waals surface area contributed by atoms with Crippen molar-refractivity contribution in [2.75, 3.05) is 25.5 Å². The van der Waals surface area contributed by atoms with Crippen LogP contribution >= 0.6 is 11.8 Å². The summed E-state index contributed by atoms with van der Waals surface area (Å²) in [5, 5.41) is 2.87. The highest BCUT2D eigenvalue weighted by Crippen LogP contribution is 2.29. The van der Waals surface area contributed by atoms with Crippen molar-refractivity contribution in [2.45, 2.75) is 37.5 Å². The number of aliphatic imine (C=N–C) groups is 1. The summed E-state index contributed by atoms with van der Waals surface area (Å²) in [6.45, 7) is 1.58. The minimum atomic E-state index is -0.668. The lowest BCUT2D eigenvalue weighted by atomic mass is 10.1. The van der Waals surface area contributed by atoms with Crippen LogP contribution in [0.2, 0.25) is 0 Å². The molecule has 10 nitrogen and oxygen atoms in total. The van der Waals surface area contributed by atoms with Crippen LogP contribution in [0.25, 0.3) is 0 Å². The molecule has 11 heteroatoms. The second-order valence-electron chi connectivity index (χ2n) is 8.06. The number of nitrogens with zero attached hydrogens (tertiary/aromatic N) is 2. The molecule has 2 amide bonds. The highest BCUT2D eigenvalue weighted by atomic mass is 32.2. The summed E-state index contributed by atoms with van der Waals surface area (Å²) < 4.78 is 15.0. The number of carbonyl (C=O) groups excluding carboxylic acids is 4. The van der Waals surface area contributed by atoms with Gasteiger partial charge < -0.3 is 24.1 Å². The van der Waals surface area contributed by atoms with Crippen molar-refractivity contribution in [3.63, 3.8) is 0 Å². The van der Waals surface area contributed by atoms with E-state index in [1.807, 2.05) is 0 Å². The van der Waals surface area contributed by atoms with Gasteiger partial charge in [-0.1, -0.05) is 17.8 Å². The number of amides is 2. The van der Waals surface area contributed by atoms with Gasteiger partial charge in [-0.2, -0.15) is 4.99 Å². The zero-order chi connectivity index (χ0) is 24.8. The van der Waals surface area contributed by atoms with Gasteiger partial charge in [-0.25, -0.2) is 9.59 Å². The molecule has 35 heavy (non-hydrogen) atoms. The van der Waals surface area contributed by atoms with Crippen LogP contribution in [-0.4, -0.2) is 59.3 Å². The van der Waals surface area contributed by atoms with E-state index in [1.54, 1.807) is 18.2 Å². The molecule has 0 aliphatic carbocycles. The van der Waals surface area contributed by atoms with Crippen LogP contribution in [0.4, 0.5) is 5.69 Å². The number of rotatable bonds is 7. The molecule has 1 aromatic heterocycles. The smallest absolute Gasteiger partial charge is 0.374 e. The normalized spacial score (nSPS) is 17.6. The number of hydrogen-bond acceptors (Lipinski definition) is 9. The van der Waals surface area contributed by atoms with Crippen molar-refractivity contribution < 1.29 is 33.1 Å². The van der Waals surface area contributed by atoms with Crippen LogP contribution < -0.4 is 5.32 Å². The Labute approximate surface area is 206 Å². The summed E-state index contributed by atoms with van der Waals surface area (Å²) in [7, 11) is 1.22. The first-order valence-corrected chi connectivity index (χ1v) is 12.1. The number of benzene rings is 1. The van der Waals surface area contributed by atoms with Crippen LogP contribution in [0.3, 0.4) is 0 Å². The third-order valence-electron chi connectivity index (χ3n) is 5.58. The van der Waals surface area contributed by atoms with Gasteiger partial charge in [-0.15, -0.1) is 0 Å². The lowest BCUT2D eigenvalue weighted by Gasteiger charge is -2.27. The number of piperidine rings is 1. The number of amidine groups is 1. The minimum Gasteiger partial charge on any atom is -0.463 e. The van der Waals surface area contributed by atoms with Crippen molar-refractivity contribution in [1.29, 1.82) is 0 Å². The minimum absolute atomic E-state index is 0.0180. The number of thioether (sulfide) groups is 1. The van der Waals surface area contributed by atoms with Crippen LogP contribution in [-0.2, 0) is 25.7 Å². The van der Waals surface area contributed by atoms with Crippen LogP contribution in [0.5, 0.6) is 0 Å². The van der Waals surface area contributed by atoms with Gasteiger partial charge in [0.2, 0.25) is 11.7 Å². The SMILES string of the molecule is COC(=O)c1occc1COC(=O)c1cccc(NC(=O)CC2SC(N3CCCCC3)=NC2=O)c1. The lowest BCUT2D eigenvalue weighted by molar-refractivity contribution is -0.121. The number of hydrogen-bond donors (Lipinski definition) is 1. The molecule has 0 spiro atoms. The predicted molar refractivity (Wildman–Crippen MR) is 128 cm³/mol. The fourth-order valence-corrected chi connectivity index (χ4v) is 4.90. The van der Waals surface area contributed by atoms with E-state index in [2.05, 4.69) is 19.9 Å². The second kappa shape index (κ2) is 11.2. The van der Waals surface area contributed by atoms with Crippen LogP contribution in [0.15, 0.2) is 46.0 Å². The van der Waals surface area contributed by atoms with E-state index in [9.17, 15) is 19.2 Å². The lowest BCUT2D eigenvalue weighted by Crippen LogP contribution is -2.33. The largest absolute Gasteiger partial charge is 0.463 e. The summed E-state index contributed by atoms with van der Waals surface area (Å²) >= 11 is 1.33. The van der Waals surface area contributed by atoms with E-state index in [4.69, 9.17) is 9.15 Å². The fraction of sp³-hybridized carbons (Fsp3) is 0.375. The van der Waals surface area contributed by atoms with Gasteiger partial charge >= 0.3 is 11.9 Å². The maximum Gasteiger partial charge on any atom is 0.374 e. The van der Waals surface area contributed by atoms with Gasteiger partial charge in [-0.3, -0.25) is 9.59 Å². The quantitative estimate of drug-likeness (QED) is 0.571. The topological polar surface area (TPSA) is 128 Å². The number of likely N-dealkylation sites (tertiary alicyclic amines) is 1. The summed E-state index contributed by atoms with van der Waals surface area (Å²) in [5.41, 5.74) is 0.989. The first kappa shape index (κ1) is 24.5. The molecular weight excluding hydrogens is 474 g/mol. The second-order valence-corrected chi connectivity index (χ2v) is 9.23. The molecule has 1 atom stereocenters. The Balaban J connectivity index is 1.30. The molecule has 2 aromatic rings. The van der Waals surface area contributed by atoms with E-state index in [0.717, 1.165) is 25.9 Å². The number of esters is 2. The average molecular weight is 500 g/mol. The van der Waals surface area contributed by atoms with Gasteiger partial charge in [0.25, 0.3) is 5.91 Å². The van der Waals surface area contributed by atoms with E-state index >= 15 is 0 Å². The average Bonchev–Trinajstić information content (AvgIpc) is 3.49. The number of ether oxygens (including phenoxy) is 2. The van der Waals surface area contributed by atoms with Crippen LogP contribution in [0, 0.1) is 0 Å². The zero-order valence-corrected chi connectivity index (χ0v) is 20.0. The Morgan fingerprint density at radius 1 is 1.17 bits per heavy atom. The van der Waals surface area contributed by atoms with Gasteiger partial charge in [0, 0.05) is 30.8 Å². The first-order valence-electron chi connectivity index (χ1n) is 11.2. The molecule has 0 bridgehead atoms. The van der Waals surface area contributed by atoms with Gasteiger partial charge in [0.05, 0.1) is 18.9 Å². The number of anilines is 1. The molecule has 0 saturated carbocycles. The molecule has 1 saturated heterocycles. The summed E-state index contributed by atoms with van der Waals surface area (Å²) in [6.07, 6.45) is 4.62. The third kappa shape index (κ3) is 6.10. The Morgan fingerprint density at radius 3 is 2.74 bits per heavy atom. The Bertz CT molecular complexity index is 1150. The molecule has 2 aliphatic rings. The maximum atomic E-state index is 12.6. The molecule has 0 radical (unpaired) electrons. The Morgan fingerprint density at radius 2 is 1.97 bits per heavy atom. The van der Waals surface area contributed by atoms with Gasteiger partial charge in [-0.05, 0) is 43.5 Å².